The second-order valence-corrected chi connectivity index (χ2v) is 8.29. The number of aromatic nitrogens is 1. The first kappa shape index (κ1) is 17.8. The van der Waals surface area contributed by atoms with Crippen LogP contribution in [0.1, 0.15) is 12.0 Å². The maximum atomic E-state index is 12.6. The quantitative estimate of drug-likeness (QED) is 0.849. The molecule has 0 amide bonds. The van der Waals surface area contributed by atoms with Crippen molar-refractivity contribution in [3.05, 3.63) is 54.2 Å². The van der Waals surface area contributed by atoms with Gasteiger partial charge in [-0.1, -0.05) is 30.3 Å². The average molecular weight is 360 g/mol. The van der Waals surface area contributed by atoms with E-state index in [0.717, 1.165) is 31.9 Å². The van der Waals surface area contributed by atoms with Crippen LogP contribution in [-0.4, -0.2) is 51.5 Å². The second kappa shape index (κ2) is 7.51. The van der Waals surface area contributed by atoms with Crippen LogP contribution in [0, 0.1) is 0 Å². The van der Waals surface area contributed by atoms with E-state index >= 15 is 0 Å². The molecule has 2 heterocycles. The van der Waals surface area contributed by atoms with Gasteiger partial charge in [0.15, 0.2) is 0 Å². The van der Waals surface area contributed by atoms with Gasteiger partial charge in [0.1, 0.15) is 10.7 Å². The Morgan fingerprint density at radius 2 is 1.96 bits per heavy atom. The highest BCUT2D eigenvalue weighted by Crippen LogP contribution is 2.17. The van der Waals surface area contributed by atoms with Crippen LogP contribution >= 0.6 is 0 Å². The number of rotatable bonds is 6. The first-order chi connectivity index (χ1) is 11.9. The molecule has 1 aromatic carbocycles. The van der Waals surface area contributed by atoms with E-state index in [1.807, 2.05) is 37.2 Å². The second-order valence-electron chi connectivity index (χ2n) is 6.57. The van der Waals surface area contributed by atoms with Crippen molar-refractivity contribution in [3.63, 3.8) is 0 Å². The normalized spacial score (nSPS) is 18.4. The summed E-state index contributed by atoms with van der Waals surface area (Å²) < 4.78 is 27.9. The molecule has 1 saturated heterocycles. The van der Waals surface area contributed by atoms with Crippen molar-refractivity contribution in [3.8, 4) is 0 Å². The van der Waals surface area contributed by atoms with E-state index in [1.54, 1.807) is 12.1 Å². The number of hydrogen-bond acceptors (Lipinski definition) is 5. The van der Waals surface area contributed by atoms with Gasteiger partial charge in [-0.15, -0.1) is 0 Å². The zero-order valence-corrected chi connectivity index (χ0v) is 15.4. The van der Waals surface area contributed by atoms with E-state index in [4.69, 9.17) is 0 Å². The summed E-state index contributed by atoms with van der Waals surface area (Å²) in [6, 6.07) is 13.5. The Balaban J connectivity index is 1.60. The van der Waals surface area contributed by atoms with E-state index in [2.05, 4.69) is 26.7 Å². The van der Waals surface area contributed by atoms with Crippen LogP contribution in [0.25, 0.3) is 0 Å². The third-order valence-electron chi connectivity index (χ3n) is 4.33. The fourth-order valence-corrected chi connectivity index (χ4v) is 4.20. The van der Waals surface area contributed by atoms with Gasteiger partial charge >= 0.3 is 0 Å². The molecule has 0 radical (unpaired) electrons. The van der Waals surface area contributed by atoms with E-state index in [9.17, 15) is 8.42 Å². The smallest absolute Gasteiger partial charge is 0.242 e. The first-order valence-electron chi connectivity index (χ1n) is 8.36. The van der Waals surface area contributed by atoms with Crippen molar-refractivity contribution in [1.82, 2.24) is 14.6 Å². The van der Waals surface area contributed by atoms with Crippen LogP contribution in [0.5, 0.6) is 0 Å². The van der Waals surface area contributed by atoms with Gasteiger partial charge in [0.2, 0.25) is 10.0 Å². The monoisotopic (exact) mass is 360 g/mol. The fourth-order valence-electron chi connectivity index (χ4n) is 3.00. The molecule has 3 rings (SSSR count). The molecule has 1 aliphatic heterocycles. The Kier molecular flexibility index (Phi) is 5.36. The third-order valence-corrected chi connectivity index (χ3v) is 5.84. The van der Waals surface area contributed by atoms with Crippen molar-refractivity contribution in [2.45, 2.75) is 23.9 Å². The summed E-state index contributed by atoms with van der Waals surface area (Å²) in [7, 11) is 0.199. The highest BCUT2D eigenvalue weighted by molar-refractivity contribution is 7.89. The number of anilines is 1. The summed E-state index contributed by atoms with van der Waals surface area (Å²) in [5.41, 5.74) is 1.24. The van der Waals surface area contributed by atoms with Gasteiger partial charge in [-0.05, 0) is 24.1 Å². The minimum Gasteiger partial charge on any atom is -0.363 e. The third kappa shape index (κ3) is 4.56. The van der Waals surface area contributed by atoms with Gasteiger partial charge in [-0.25, -0.2) is 18.1 Å². The van der Waals surface area contributed by atoms with Crippen LogP contribution < -0.4 is 9.62 Å². The van der Waals surface area contributed by atoms with E-state index in [-0.39, 0.29) is 10.9 Å². The van der Waals surface area contributed by atoms with Crippen LogP contribution in [0.4, 0.5) is 5.82 Å². The van der Waals surface area contributed by atoms with Crippen molar-refractivity contribution in [2.75, 3.05) is 32.1 Å². The highest BCUT2D eigenvalue weighted by Gasteiger charge is 2.27. The lowest BCUT2D eigenvalue weighted by Gasteiger charge is -2.17. The number of likely N-dealkylation sites (tertiary alicyclic amines) is 1. The lowest BCUT2D eigenvalue weighted by atomic mass is 10.2. The molecule has 0 spiro atoms. The van der Waals surface area contributed by atoms with Crippen molar-refractivity contribution >= 4 is 15.8 Å². The molecule has 1 aromatic heterocycles. The molecule has 1 aliphatic rings. The van der Waals surface area contributed by atoms with Crippen LogP contribution in [0.15, 0.2) is 53.6 Å². The number of nitrogens with zero attached hydrogens (tertiary/aromatic N) is 3. The first-order valence-corrected chi connectivity index (χ1v) is 9.84. The number of pyridine rings is 1. The maximum absolute atomic E-state index is 12.6. The standard InChI is InChI=1S/C18H24N4O2S/c1-21(2)18-9-8-17(12-19-18)25(23,24)20-16-10-11-22(14-16)13-15-6-4-3-5-7-15/h3-9,12,16,20H,10-11,13-14H2,1-2H3/t16-/m1/s1. The molecule has 0 bridgehead atoms. The predicted molar refractivity (Wildman–Crippen MR) is 99.0 cm³/mol. The molecular formula is C18H24N4O2S. The topological polar surface area (TPSA) is 65.5 Å². The summed E-state index contributed by atoms with van der Waals surface area (Å²) in [6.07, 6.45) is 2.23. The average Bonchev–Trinajstić information content (AvgIpc) is 3.02. The maximum Gasteiger partial charge on any atom is 0.242 e. The Labute approximate surface area is 149 Å². The highest BCUT2D eigenvalue weighted by atomic mass is 32.2. The molecule has 1 fully saturated rings. The SMILES string of the molecule is CN(C)c1ccc(S(=O)(=O)N[C@@H]2CCN(Cc3ccccc3)C2)cn1. The number of benzene rings is 1. The van der Waals surface area contributed by atoms with Gasteiger partial charge < -0.3 is 4.90 Å². The molecule has 0 unspecified atom stereocenters. The molecular weight excluding hydrogens is 336 g/mol. The lowest BCUT2D eigenvalue weighted by Crippen LogP contribution is -2.37. The lowest BCUT2D eigenvalue weighted by molar-refractivity contribution is 0.324. The summed E-state index contributed by atoms with van der Waals surface area (Å²) in [4.78, 5) is 8.50. The van der Waals surface area contributed by atoms with Crippen LogP contribution in [0.3, 0.4) is 0 Å². The molecule has 0 aliphatic carbocycles. The Morgan fingerprint density at radius 1 is 1.20 bits per heavy atom. The van der Waals surface area contributed by atoms with Gasteiger partial charge in [-0.3, -0.25) is 4.90 Å². The molecule has 7 heteroatoms. The molecule has 25 heavy (non-hydrogen) atoms. The van der Waals surface area contributed by atoms with E-state index < -0.39 is 10.0 Å². The molecule has 1 N–H and O–H groups in total. The van der Waals surface area contributed by atoms with Crippen molar-refractivity contribution in [1.29, 1.82) is 0 Å². The van der Waals surface area contributed by atoms with Crippen molar-refractivity contribution in [2.24, 2.45) is 0 Å². The van der Waals surface area contributed by atoms with Crippen LogP contribution in [0.2, 0.25) is 0 Å². The largest absolute Gasteiger partial charge is 0.363 e. The zero-order chi connectivity index (χ0) is 17.9. The molecule has 2 aromatic rings. The Morgan fingerprint density at radius 3 is 2.60 bits per heavy atom. The minimum atomic E-state index is -3.54. The molecule has 1 atom stereocenters. The number of hydrogen-bond donors (Lipinski definition) is 1. The molecule has 0 saturated carbocycles. The van der Waals surface area contributed by atoms with Crippen LogP contribution in [-0.2, 0) is 16.6 Å². The van der Waals surface area contributed by atoms with Gasteiger partial charge in [-0.2, -0.15) is 0 Å². The van der Waals surface area contributed by atoms with Gasteiger partial charge in [0, 0.05) is 46.0 Å². The zero-order valence-electron chi connectivity index (χ0n) is 14.6. The summed E-state index contributed by atoms with van der Waals surface area (Å²) in [5.74, 6) is 0.730. The fraction of sp³-hybridized carbons (Fsp3) is 0.389. The minimum absolute atomic E-state index is 0.0674. The van der Waals surface area contributed by atoms with E-state index in [1.165, 1.54) is 11.8 Å². The molecule has 6 nitrogen and oxygen atoms in total. The van der Waals surface area contributed by atoms with Crippen molar-refractivity contribution < 1.29 is 8.42 Å². The Bertz CT molecular complexity index is 792. The number of sulfonamides is 1. The Hall–Kier alpha value is -1.96. The number of nitrogens with one attached hydrogen (secondary N) is 1. The predicted octanol–water partition coefficient (Wildman–Crippen LogP) is 1.70. The summed E-state index contributed by atoms with van der Waals surface area (Å²) >= 11 is 0. The van der Waals surface area contributed by atoms with Gasteiger partial charge in [0.05, 0.1) is 0 Å². The summed E-state index contributed by atoms with van der Waals surface area (Å²) in [6.45, 7) is 2.45. The van der Waals surface area contributed by atoms with Gasteiger partial charge in [0.25, 0.3) is 0 Å². The van der Waals surface area contributed by atoms with E-state index in [0.29, 0.717) is 0 Å². The summed E-state index contributed by atoms with van der Waals surface area (Å²) in [5, 5.41) is 0. The molecule has 134 valence electrons.